The lowest BCUT2D eigenvalue weighted by Gasteiger charge is -2.35. The number of carbonyl (C=O) groups is 1. The fraction of sp³-hybridized carbons (Fsp3) is 0.400. The van der Waals surface area contributed by atoms with E-state index in [-0.39, 0.29) is 17.7 Å². The van der Waals surface area contributed by atoms with E-state index in [2.05, 4.69) is 10.3 Å². The molecule has 0 unspecified atom stereocenters. The predicted octanol–water partition coefficient (Wildman–Crippen LogP) is 3.97. The Kier molecular flexibility index (Phi) is 6.25. The summed E-state index contributed by atoms with van der Waals surface area (Å²) in [5.74, 6) is 0.0447. The lowest BCUT2D eigenvalue weighted by molar-refractivity contribution is -0.122. The molecule has 1 aromatic heterocycles. The van der Waals surface area contributed by atoms with Gasteiger partial charge in [0.15, 0.2) is 0 Å². The molecule has 5 nitrogen and oxygen atoms in total. The standard InChI is InChI=1S/C20H22Cl2N2O3/c21-14-3-1-13(17(22)11-14)2-6-19(26)24-15-7-9-20(27,10-8-15)18-5-4-16(25)12-23-18/h1,3-5,11-12,15,25,27H,2,6-10H2,(H,24,26). The zero-order chi connectivity index (χ0) is 19.4. The van der Waals surface area contributed by atoms with Crippen LogP contribution in [0.25, 0.3) is 0 Å². The van der Waals surface area contributed by atoms with E-state index >= 15 is 0 Å². The molecule has 1 amide bonds. The maximum atomic E-state index is 12.2. The summed E-state index contributed by atoms with van der Waals surface area (Å²) in [7, 11) is 0. The minimum absolute atomic E-state index is 0.0285. The number of aromatic hydroxyl groups is 1. The first-order valence-corrected chi connectivity index (χ1v) is 9.72. The Morgan fingerprint density at radius 1 is 1.22 bits per heavy atom. The van der Waals surface area contributed by atoms with Crippen molar-refractivity contribution in [3.05, 3.63) is 57.8 Å². The fourth-order valence-corrected chi connectivity index (χ4v) is 3.93. The summed E-state index contributed by atoms with van der Waals surface area (Å²) in [5.41, 5.74) is 0.446. The monoisotopic (exact) mass is 408 g/mol. The van der Waals surface area contributed by atoms with Gasteiger partial charge in [0.25, 0.3) is 0 Å². The molecular weight excluding hydrogens is 387 g/mol. The molecule has 3 rings (SSSR count). The zero-order valence-electron chi connectivity index (χ0n) is 14.8. The highest BCUT2D eigenvalue weighted by atomic mass is 35.5. The maximum Gasteiger partial charge on any atom is 0.220 e. The largest absolute Gasteiger partial charge is 0.506 e. The third kappa shape index (κ3) is 5.12. The van der Waals surface area contributed by atoms with Gasteiger partial charge in [0.2, 0.25) is 5.91 Å². The topological polar surface area (TPSA) is 82.5 Å². The molecule has 7 heteroatoms. The minimum atomic E-state index is -1.01. The summed E-state index contributed by atoms with van der Waals surface area (Å²) < 4.78 is 0. The van der Waals surface area contributed by atoms with Crippen molar-refractivity contribution >= 4 is 29.1 Å². The summed E-state index contributed by atoms with van der Waals surface area (Å²) >= 11 is 12.0. The van der Waals surface area contributed by atoms with Crippen molar-refractivity contribution in [2.24, 2.45) is 0 Å². The Hall–Kier alpha value is -1.82. The lowest BCUT2D eigenvalue weighted by Crippen LogP contribution is -2.42. The minimum Gasteiger partial charge on any atom is -0.506 e. The Morgan fingerprint density at radius 2 is 1.96 bits per heavy atom. The summed E-state index contributed by atoms with van der Waals surface area (Å²) in [4.78, 5) is 16.4. The molecule has 0 saturated heterocycles. The van der Waals surface area contributed by atoms with Crippen LogP contribution in [-0.2, 0) is 16.8 Å². The van der Waals surface area contributed by atoms with E-state index in [9.17, 15) is 15.0 Å². The number of aliphatic hydroxyl groups is 1. The van der Waals surface area contributed by atoms with Gasteiger partial charge in [0.05, 0.1) is 11.9 Å². The molecular formula is C20H22Cl2N2O3. The van der Waals surface area contributed by atoms with Crippen LogP contribution in [0.3, 0.4) is 0 Å². The van der Waals surface area contributed by atoms with Crippen molar-refractivity contribution in [1.29, 1.82) is 0 Å². The predicted molar refractivity (Wildman–Crippen MR) is 105 cm³/mol. The lowest BCUT2D eigenvalue weighted by atomic mass is 9.80. The van der Waals surface area contributed by atoms with E-state index in [1.807, 2.05) is 6.07 Å². The second kappa shape index (κ2) is 8.46. The van der Waals surface area contributed by atoms with Gasteiger partial charge in [-0.15, -0.1) is 0 Å². The van der Waals surface area contributed by atoms with Gasteiger partial charge in [-0.3, -0.25) is 9.78 Å². The first-order chi connectivity index (χ1) is 12.9. The van der Waals surface area contributed by atoms with E-state index in [1.54, 1.807) is 18.2 Å². The molecule has 144 valence electrons. The average Bonchev–Trinajstić information content (AvgIpc) is 2.63. The SMILES string of the molecule is O=C(CCc1ccc(Cl)cc1Cl)NC1CCC(O)(c2ccc(O)cn2)CC1. The molecule has 0 radical (unpaired) electrons. The first-order valence-electron chi connectivity index (χ1n) is 8.97. The van der Waals surface area contributed by atoms with E-state index in [1.165, 1.54) is 12.3 Å². The van der Waals surface area contributed by atoms with Crippen LogP contribution in [0.4, 0.5) is 0 Å². The quantitative estimate of drug-likeness (QED) is 0.698. The van der Waals surface area contributed by atoms with Crippen molar-refractivity contribution in [2.45, 2.75) is 50.2 Å². The van der Waals surface area contributed by atoms with Crippen molar-refractivity contribution in [3.63, 3.8) is 0 Å². The number of aryl methyl sites for hydroxylation is 1. The van der Waals surface area contributed by atoms with Crippen LogP contribution in [0.1, 0.15) is 43.4 Å². The van der Waals surface area contributed by atoms with Crippen molar-refractivity contribution in [1.82, 2.24) is 10.3 Å². The normalized spacial score (nSPS) is 22.4. The van der Waals surface area contributed by atoms with Gasteiger partial charge in [-0.1, -0.05) is 29.3 Å². The number of carbonyl (C=O) groups excluding carboxylic acids is 1. The van der Waals surface area contributed by atoms with Crippen molar-refractivity contribution < 1.29 is 15.0 Å². The van der Waals surface area contributed by atoms with Crippen LogP contribution in [0.2, 0.25) is 10.0 Å². The van der Waals surface area contributed by atoms with Crippen molar-refractivity contribution in [3.8, 4) is 5.75 Å². The molecule has 2 aromatic rings. The highest BCUT2D eigenvalue weighted by Gasteiger charge is 2.36. The van der Waals surface area contributed by atoms with E-state index in [0.29, 0.717) is 54.3 Å². The van der Waals surface area contributed by atoms with Crippen LogP contribution in [0.15, 0.2) is 36.5 Å². The highest BCUT2D eigenvalue weighted by molar-refractivity contribution is 6.35. The highest BCUT2D eigenvalue weighted by Crippen LogP contribution is 2.36. The average molecular weight is 409 g/mol. The first kappa shape index (κ1) is 19.9. The van der Waals surface area contributed by atoms with Gasteiger partial charge >= 0.3 is 0 Å². The Labute approximate surface area is 168 Å². The smallest absolute Gasteiger partial charge is 0.220 e. The van der Waals surface area contributed by atoms with E-state index in [0.717, 1.165) is 5.56 Å². The third-order valence-corrected chi connectivity index (χ3v) is 5.63. The summed E-state index contributed by atoms with van der Waals surface area (Å²) in [6, 6.07) is 8.48. The van der Waals surface area contributed by atoms with E-state index < -0.39 is 5.60 Å². The fourth-order valence-electron chi connectivity index (χ4n) is 3.43. The number of aromatic nitrogens is 1. The molecule has 0 spiro atoms. The number of halogens is 2. The molecule has 27 heavy (non-hydrogen) atoms. The Bertz CT molecular complexity index is 803. The molecule has 0 atom stereocenters. The number of benzene rings is 1. The number of nitrogens with one attached hydrogen (secondary N) is 1. The zero-order valence-corrected chi connectivity index (χ0v) is 16.3. The summed E-state index contributed by atoms with van der Waals surface area (Å²) in [6.45, 7) is 0. The number of hydrogen-bond donors (Lipinski definition) is 3. The van der Waals surface area contributed by atoms with Crippen LogP contribution < -0.4 is 5.32 Å². The molecule has 1 aliphatic rings. The van der Waals surface area contributed by atoms with Crippen molar-refractivity contribution in [2.75, 3.05) is 0 Å². The van der Waals surface area contributed by atoms with Gasteiger partial charge in [0, 0.05) is 22.5 Å². The van der Waals surface area contributed by atoms with Gasteiger partial charge in [-0.05, 0) is 61.9 Å². The summed E-state index contributed by atoms with van der Waals surface area (Å²) in [5, 5.41) is 24.3. The Morgan fingerprint density at radius 3 is 2.59 bits per heavy atom. The molecule has 0 aliphatic heterocycles. The number of amides is 1. The van der Waals surface area contributed by atoms with Crippen LogP contribution in [0.5, 0.6) is 5.75 Å². The van der Waals surface area contributed by atoms with Gasteiger partial charge in [0.1, 0.15) is 11.4 Å². The number of nitrogens with zero attached hydrogens (tertiary/aromatic N) is 1. The van der Waals surface area contributed by atoms with Crippen LogP contribution >= 0.6 is 23.2 Å². The third-order valence-electron chi connectivity index (χ3n) is 5.04. The number of hydrogen-bond acceptors (Lipinski definition) is 4. The molecule has 1 aliphatic carbocycles. The van der Waals surface area contributed by atoms with Crippen LogP contribution in [0, 0.1) is 0 Å². The summed E-state index contributed by atoms with van der Waals surface area (Å²) in [6.07, 6.45) is 4.61. The molecule has 1 aromatic carbocycles. The number of rotatable bonds is 5. The molecule has 1 saturated carbocycles. The maximum absolute atomic E-state index is 12.2. The second-order valence-corrected chi connectivity index (χ2v) is 7.85. The molecule has 3 N–H and O–H groups in total. The van der Waals surface area contributed by atoms with Gasteiger partial charge < -0.3 is 15.5 Å². The Balaban J connectivity index is 1.48. The van der Waals surface area contributed by atoms with Gasteiger partial charge in [-0.2, -0.15) is 0 Å². The number of pyridine rings is 1. The molecule has 1 fully saturated rings. The molecule has 1 heterocycles. The molecule has 0 bridgehead atoms. The van der Waals surface area contributed by atoms with Crippen LogP contribution in [-0.4, -0.2) is 27.1 Å². The van der Waals surface area contributed by atoms with Gasteiger partial charge in [-0.25, -0.2) is 0 Å². The van der Waals surface area contributed by atoms with E-state index in [4.69, 9.17) is 23.2 Å². The second-order valence-electron chi connectivity index (χ2n) is 7.01.